The number of guanidine groups is 1. The van der Waals surface area contributed by atoms with Crippen LogP contribution in [0.15, 0.2) is 65.8 Å². The van der Waals surface area contributed by atoms with Crippen molar-refractivity contribution < 1.29 is 43.2 Å². The van der Waals surface area contributed by atoms with E-state index in [2.05, 4.69) is 47.2 Å². The molecule has 378 valence electrons. The summed E-state index contributed by atoms with van der Waals surface area (Å²) in [5.74, 6) is -6.35. The molecule has 2 aliphatic heterocycles. The third kappa shape index (κ3) is 16.3. The van der Waals surface area contributed by atoms with E-state index in [9.17, 15) is 43.2 Å². The third-order valence-electron chi connectivity index (χ3n) is 12.3. The molecule has 3 aromatic rings. The number of hydrogen-bond acceptors (Lipinski definition) is 10. The Hall–Kier alpha value is -7.52. The summed E-state index contributed by atoms with van der Waals surface area (Å²) in [7, 11) is 0. The minimum absolute atomic E-state index is 0.0298. The third-order valence-corrected chi connectivity index (χ3v) is 12.3. The van der Waals surface area contributed by atoms with E-state index in [0.29, 0.717) is 17.7 Å². The van der Waals surface area contributed by atoms with Crippen molar-refractivity contribution >= 4 is 70.0 Å². The molecule has 0 spiro atoms. The average Bonchev–Trinajstić information content (AvgIpc) is 3.95. The molecule has 0 saturated carbocycles. The zero-order valence-electron chi connectivity index (χ0n) is 39.7. The van der Waals surface area contributed by atoms with Gasteiger partial charge in [0.25, 0.3) is 0 Å². The summed E-state index contributed by atoms with van der Waals surface area (Å²) in [6, 6.07) is 8.16. The number of fused-ring (bicyclic) bond motifs is 1. The number of nitrogens with two attached hydrogens (primary N) is 3. The highest BCUT2D eigenvalue weighted by Gasteiger charge is 2.36. The molecule has 2 aromatic carbocycles. The van der Waals surface area contributed by atoms with E-state index in [1.165, 1.54) is 6.92 Å². The summed E-state index contributed by atoms with van der Waals surface area (Å²) in [6.07, 6.45) is 2.58. The van der Waals surface area contributed by atoms with Gasteiger partial charge < -0.3 is 64.3 Å². The predicted octanol–water partition coefficient (Wildman–Crippen LogP) is -1.10. The highest BCUT2D eigenvalue weighted by Crippen LogP contribution is 2.21. The number of aromatic nitrogens is 1. The van der Waals surface area contributed by atoms with Crippen LogP contribution in [0.5, 0.6) is 0 Å². The first-order valence-electron chi connectivity index (χ1n) is 23.8. The van der Waals surface area contributed by atoms with Crippen LogP contribution >= 0.6 is 0 Å². The predicted molar refractivity (Wildman–Crippen MR) is 260 cm³/mol. The summed E-state index contributed by atoms with van der Waals surface area (Å²) in [4.78, 5) is 132. The minimum Gasteiger partial charge on any atom is -0.370 e. The SMILES string of the molecule is CC(=O)N[C@H]1CCC(=O)NCCC[C@@H](C(=O)N2CCC[C@H]2C)NC(=O)[C@H](Cc2c[nH]c3ccccc23)NC(=O)[C@H](CCCN=C(N)N)NC(=O)[C@@H](Cc2ccccc2)NC(=O)[C@H](CCC(N)=O)NC1=O. The Balaban J connectivity index is 1.56. The molecule has 22 nitrogen and oxygen atoms in total. The lowest BCUT2D eigenvalue weighted by Crippen LogP contribution is -2.60. The number of nitrogens with one attached hydrogen (secondary N) is 8. The Morgan fingerprint density at radius 3 is 2.03 bits per heavy atom. The van der Waals surface area contributed by atoms with Crippen LogP contribution in [0.3, 0.4) is 0 Å². The van der Waals surface area contributed by atoms with E-state index in [1.807, 2.05) is 31.2 Å². The second-order valence-corrected chi connectivity index (χ2v) is 17.8. The quantitative estimate of drug-likeness (QED) is 0.0555. The Morgan fingerprint density at radius 2 is 1.36 bits per heavy atom. The van der Waals surface area contributed by atoms with Gasteiger partial charge in [0, 0.05) is 75.4 Å². The Bertz CT molecular complexity index is 2370. The number of aliphatic imine (C=N–C) groups is 1. The number of amides is 9. The van der Waals surface area contributed by atoms with Gasteiger partial charge in [-0.05, 0) is 75.5 Å². The van der Waals surface area contributed by atoms with Gasteiger partial charge in [-0.3, -0.25) is 48.1 Å². The van der Waals surface area contributed by atoms with Crippen molar-refractivity contribution in [2.45, 2.75) is 133 Å². The van der Waals surface area contributed by atoms with Crippen LogP contribution in [0.4, 0.5) is 0 Å². The molecule has 0 aliphatic carbocycles. The minimum atomic E-state index is -1.46. The van der Waals surface area contributed by atoms with Crippen LogP contribution in [-0.4, -0.2) is 131 Å². The fourth-order valence-electron chi connectivity index (χ4n) is 8.61. The number of hydrogen-bond donors (Lipinski definition) is 11. The second-order valence-electron chi connectivity index (χ2n) is 17.8. The molecule has 14 N–H and O–H groups in total. The number of nitrogens with zero attached hydrogens (tertiary/aromatic N) is 2. The first kappa shape index (κ1) is 53.4. The first-order valence-corrected chi connectivity index (χ1v) is 23.8. The molecule has 2 saturated heterocycles. The van der Waals surface area contributed by atoms with Crippen LogP contribution in [-0.2, 0) is 56.0 Å². The molecule has 3 heterocycles. The summed E-state index contributed by atoms with van der Waals surface area (Å²) in [6.45, 7) is 3.76. The number of primary amides is 1. The normalized spacial score (nSPS) is 23.7. The van der Waals surface area contributed by atoms with E-state index in [1.54, 1.807) is 41.4 Å². The van der Waals surface area contributed by atoms with Crippen LogP contribution < -0.4 is 54.4 Å². The highest BCUT2D eigenvalue weighted by molar-refractivity contribution is 5.98. The van der Waals surface area contributed by atoms with Gasteiger partial charge in [0.1, 0.15) is 36.3 Å². The van der Waals surface area contributed by atoms with Gasteiger partial charge in [-0.2, -0.15) is 0 Å². The molecule has 0 unspecified atom stereocenters. The van der Waals surface area contributed by atoms with E-state index >= 15 is 0 Å². The molecule has 0 radical (unpaired) electrons. The average molecular weight is 970 g/mol. The molecule has 2 aliphatic rings. The fourth-order valence-corrected chi connectivity index (χ4v) is 8.61. The van der Waals surface area contributed by atoms with Crippen molar-refractivity contribution in [2.24, 2.45) is 22.2 Å². The number of H-pyrrole nitrogens is 1. The standard InChI is InChI=1S/C48H67N13O9/c1-28-11-10-24-61(28)47(70)37-17-9-22-52-41(64)21-19-35(55-29(2)62)43(66)57-36(18-20-40(49)63)44(67)59-38(25-30-12-4-3-5-13-30)45(68)56-34(16-8-23-53-48(50)51)42(65)60-39(46(69)58-37)26-31-27-54-33-15-7-6-14-32(31)33/h3-7,12-15,27-28,34-39,54H,8-11,16-26H2,1-2H3,(H2,49,63)(H,52,64)(H,55,62)(H,56,68)(H,57,66)(H,58,69)(H,59,67)(H,60,65)(H4,50,51,53)/t28-,34+,35+,36+,37+,38-,39+/m1/s1. The molecular weight excluding hydrogens is 903 g/mol. The van der Waals surface area contributed by atoms with Crippen molar-refractivity contribution in [3.63, 3.8) is 0 Å². The van der Waals surface area contributed by atoms with Gasteiger partial charge in [0.2, 0.25) is 53.2 Å². The lowest BCUT2D eigenvalue weighted by atomic mass is 10.0. The molecule has 5 rings (SSSR count). The maximum absolute atomic E-state index is 14.7. The molecule has 22 heteroatoms. The zero-order chi connectivity index (χ0) is 50.7. The van der Waals surface area contributed by atoms with E-state index in [-0.39, 0.29) is 95.2 Å². The molecule has 2 fully saturated rings. The maximum Gasteiger partial charge on any atom is 0.245 e. The van der Waals surface area contributed by atoms with E-state index < -0.39 is 83.5 Å². The van der Waals surface area contributed by atoms with Crippen molar-refractivity contribution in [1.29, 1.82) is 0 Å². The van der Waals surface area contributed by atoms with Gasteiger partial charge in [-0.25, -0.2) is 0 Å². The number of carbonyl (C=O) groups is 9. The fraction of sp³-hybridized carbons (Fsp3) is 0.500. The highest BCUT2D eigenvalue weighted by atomic mass is 16.2. The molecule has 0 bridgehead atoms. The van der Waals surface area contributed by atoms with Crippen LogP contribution in [0, 0.1) is 0 Å². The van der Waals surface area contributed by atoms with Crippen molar-refractivity contribution in [3.8, 4) is 0 Å². The first-order chi connectivity index (χ1) is 33.5. The summed E-state index contributed by atoms with van der Waals surface area (Å²) in [5.41, 5.74) is 18.7. The Labute approximate surface area is 406 Å². The van der Waals surface area contributed by atoms with Gasteiger partial charge >= 0.3 is 0 Å². The number of carbonyl (C=O) groups excluding carboxylic acids is 9. The van der Waals surface area contributed by atoms with Crippen LogP contribution in [0.2, 0.25) is 0 Å². The lowest BCUT2D eigenvalue weighted by Gasteiger charge is -2.30. The molecule has 1 aromatic heterocycles. The number of rotatable bonds is 13. The van der Waals surface area contributed by atoms with Crippen molar-refractivity contribution in [1.82, 2.24) is 47.1 Å². The lowest BCUT2D eigenvalue weighted by molar-refractivity contribution is -0.138. The number of benzene rings is 2. The molecule has 7 atom stereocenters. The topological polar surface area (TPSA) is 347 Å². The monoisotopic (exact) mass is 970 g/mol. The van der Waals surface area contributed by atoms with Crippen molar-refractivity contribution in [3.05, 3.63) is 71.9 Å². The van der Waals surface area contributed by atoms with E-state index in [4.69, 9.17) is 17.2 Å². The summed E-state index contributed by atoms with van der Waals surface area (Å²) >= 11 is 0. The van der Waals surface area contributed by atoms with Gasteiger partial charge in [0.15, 0.2) is 5.96 Å². The summed E-state index contributed by atoms with van der Waals surface area (Å²) in [5, 5.41) is 19.9. The van der Waals surface area contributed by atoms with E-state index in [0.717, 1.165) is 23.7 Å². The smallest absolute Gasteiger partial charge is 0.245 e. The van der Waals surface area contributed by atoms with Crippen LogP contribution in [0.1, 0.15) is 89.2 Å². The Kier molecular flexibility index (Phi) is 20.1. The number of aromatic amines is 1. The summed E-state index contributed by atoms with van der Waals surface area (Å²) < 4.78 is 0. The van der Waals surface area contributed by atoms with Gasteiger partial charge in [-0.15, -0.1) is 0 Å². The maximum atomic E-state index is 14.7. The molecular formula is C48H67N13O9. The Morgan fingerprint density at radius 1 is 0.729 bits per heavy atom. The number of para-hydroxylation sites is 1. The zero-order valence-corrected chi connectivity index (χ0v) is 39.7. The number of likely N-dealkylation sites (tertiary alicyclic amines) is 1. The van der Waals surface area contributed by atoms with Crippen LogP contribution in [0.25, 0.3) is 10.9 Å². The van der Waals surface area contributed by atoms with Crippen molar-refractivity contribution in [2.75, 3.05) is 19.6 Å². The molecule has 70 heavy (non-hydrogen) atoms. The molecule has 9 amide bonds. The van der Waals surface area contributed by atoms with Gasteiger partial charge in [-0.1, -0.05) is 48.5 Å². The van der Waals surface area contributed by atoms with Gasteiger partial charge in [0.05, 0.1) is 0 Å². The largest absolute Gasteiger partial charge is 0.370 e. The second kappa shape index (κ2) is 26.3.